The van der Waals surface area contributed by atoms with Gasteiger partial charge in [0.05, 0.1) is 11.7 Å². The Balaban J connectivity index is 1.83. The summed E-state index contributed by atoms with van der Waals surface area (Å²) in [5, 5.41) is 11.4. The highest BCUT2D eigenvalue weighted by Crippen LogP contribution is 2.21. The van der Waals surface area contributed by atoms with Crippen LogP contribution in [0.1, 0.15) is 26.2 Å². The highest BCUT2D eigenvalue weighted by atomic mass is 32.1. The van der Waals surface area contributed by atoms with Crippen LogP contribution in [0.4, 0.5) is 0 Å². The van der Waals surface area contributed by atoms with Gasteiger partial charge in [-0.15, -0.1) is 21.5 Å². The van der Waals surface area contributed by atoms with Crippen LogP contribution in [-0.2, 0) is 6.42 Å². The highest BCUT2D eigenvalue weighted by Gasteiger charge is 2.09. The summed E-state index contributed by atoms with van der Waals surface area (Å²) in [6.07, 6.45) is 3.55. The van der Waals surface area contributed by atoms with Gasteiger partial charge in [-0.1, -0.05) is 13.8 Å². The van der Waals surface area contributed by atoms with E-state index in [4.69, 9.17) is 4.42 Å². The number of aromatic nitrogens is 3. The number of thiazole rings is 1. The molecule has 0 saturated carbocycles. The van der Waals surface area contributed by atoms with Crippen molar-refractivity contribution < 1.29 is 4.42 Å². The fourth-order valence-corrected chi connectivity index (χ4v) is 1.95. The lowest BCUT2D eigenvalue weighted by molar-refractivity contribution is 0.484. The van der Waals surface area contributed by atoms with E-state index in [9.17, 15) is 0 Å². The summed E-state index contributed by atoms with van der Waals surface area (Å²) < 4.78 is 5.56. The maximum Gasteiger partial charge on any atom is 0.259 e. The smallest absolute Gasteiger partial charge is 0.259 e. The summed E-state index contributed by atoms with van der Waals surface area (Å²) in [5.74, 6) is 1.26. The average Bonchev–Trinajstić information content (AvgIpc) is 2.94. The first kappa shape index (κ1) is 12.2. The van der Waals surface area contributed by atoms with Gasteiger partial charge in [0.1, 0.15) is 4.88 Å². The molecule has 0 saturated heterocycles. The first-order valence-electron chi connectivity index (χ1n) is 5.70. The third-order valence-electron chi connectivity index (χ3n) is 2.23. The predicted molar refractivity (Wildman–Crippen MR) is 66.9 cm³/mol. The van der Waals surface area contributed by atoms with E-state index >= 15 is 0 Å². The largest absolute Gasteiger partial charge is 0.420 e. The van der Waals surface area contributed by atoms with Gasteiger partial charge in [0, 0.05) is 12.5 Å². The molecule has 17 heavy (non-hydrogen) atoms. The minimum Gasteiger partial charge on any atom is -0.420 e. The van der Waals surface area contributed by atoms with Gasteiger partial charge < -0.3 is 9.73 Å². The lowest BCUT2D eigenvalue weighted by Gasteiger charge is -2.05. The first-order valence-corrected chi connectivity index (χ1v) is 6.58. The molecule has 0 radical (unpaired) electrons. The summed E-state index contributed by atoms with van der Waals surface area (Å²) in [7, 11) is 0. The fraction of sp³-hybridized carbons (Fsp3) is 0.545. The second kappa shape index (κ2) is 5.88. The van der Waals surface area contributed by atoms with Gasteiger partial charge in [-0.05, 0) is 13.0 Å². The Labute approximate surface area is 104 Å². The van der Waals surface area contributed by atoms with Gasteiger partial charge in [-0.25, -0.2) is 0 Å². The minimum absolute atomic E-state index is 0.519. The maximum absolute atomic E-state index is 5.56. The lowest BCUT2D eigenvalue weighted by Crippen LogP contribution is -2.23. The van der Waals surface area contributed by atoms with E-state index in [1.807, 2.05) is 0 Å². The van der Waals surface area contributed by atoms with E-state index in [2.05, 4.69) is 34.3 Å². The van der Waals surface area contributed by atoms with Crippen LogP contribution < -0.4 is 5.32 Å². The van der Waals surface area contributed by atoms with Gasteiger partial charge in [0.15, 0.2) is 0 Å². The van der Waals surface area contributed by atoms with Crippen LogP contribution in [0.15, 0.2) is 16.1 Å². The molecule has 1 N–H and O–H groups in total. The predicted octanol–water partition coefficient (Wildman–Crippen LogP) is 2.12. The van der Waals surface area contributed by atoms with Crippen molar-refractivity contribution in [3.8, 4) is 10.8 Å². The van der Waals surface area contributed by atoms with E-state index in [-0.39, 0.29) is 0 Å². The van der Waals surface area contributed by atoms with E-state index in [1.54, 1.807) is 11.7 Å². The van der Waals surface area contributed by atoms with E-state index in [1.165, 1.54) is 11.3 Å². The van der Waals surface area contributed by atoms with Crippen molar-refractivity contribution in [2.75, 3.05) is 6.54 Å². The van der Waals surface area contributed by atoms with Crippen molar-refractivity contribution in [2.45, 2.75) is 32.7 Å². The molecule has 2 aromatic heterocycles. The first-order chi connectivity index (χ1) is 8.25. The maximum atomic E-state index is 5.56. The van der Waals surface area contributed by atoms with Crippen molar-refractivity contribution in [1.82, 2.24) is 20.5 Å². The Bertz CT molecular complexity index is 438. The minimum atomic E-state index is 0.519. The van der Waals surface area contributed by atoms with Crippen LogP contribution in [0.2, 0.25) is 0 Å². The van der Waals surface area contributed by atoms with Gasteiger partial charge in [-0.3, -0.25) is 4.98 Å². The quantitative estimate of drug-likeness (QED) is 0.798. The van der Waals surface area contributed by atoms with Crippen molar-refractivity contribution >= 4 is 11.3 Å². The van der Waals surface area contributed by atoms with Gasteiger partial charge in [0.25, 0.3) is 5.89 Å². The Morgan fingerprint density at radius 2 is 2.29 bits per heavy atom. The number of hydrogen-bond acceptors (Lipinski definition) is 6. The Morgan fingerprint density at radius 1 is 1.41 bits per heavy atom. The third-order valence-corrected chi connectivity index (χ3v) is 2.99. The molecule has 0 bridgehead atoms. The topological polar surface area (TPSA) is 63.8 Å². The molecule has 0 aliphatic rings. The molecule has 0 spiro atoms. The van der Waals surface area contributed by atoms with E-state index in [0.29, 0.717) is 17.8 Å². The molecule has 0 atom stereocenters. The molecule has 0 amide bonds. The second-order valence-corrected chi connectivity index (χ2v) is 4.97. The van der Waals surface area contributed by atoms with Crippen LogP contribution in [0.5, 0.6) is 0 Å². The van der Waals surface area contributed by atoms with Crippen molar-refractivity contribution in [2.24, 2.45) is 0 Å². The van der Waals surface area contributed by atoms with Crippen molar-refractivity contribution in [1.29, 1.82) is 0 Å². The summed E-state index contributed by atoms with van der Waals surface area (Å²) in [6.45, 7) is 5.24. The Morgan fingerprint density at radius 3 is 3.00 bits per heavy atom. The standard InChI is InChI=1S/C11H16N4OS/c1-8(2)13-5-3-4-10-14-15-11(16-10)9-6-12-7-17-9/h6-8,13H,3-5H2,1-2H3. The normalized spacial score (nSPS) is 11.2. The molecule has 2 rings (SSSR count). The number of aryl methyl sites for hydroxylation is 1. The monoisotopic (exact) mass is 252 g/mol. The van der Waals surface area contributed by atoms with Gasteiger partial charge in [0.2, 0.25) is 5.89 Å². The average molecular weight is 252 g/mol. The van der Waals surface area contributed by atoms with Gasteiger partial charge >= 0.3 is 0 Å². The lowest BCUT2D eigenvalue weighted by atomic mass is 10.3. The summed E-state index contributed by atoms with van der Waals surface area (Å²) in [6, 6.07) is 0.519. The molecule has 0 aliphatic carbocycles. The molecule has 2 heterocycles. The van der Waals surface area contributed by atoms with Crippen molar-refractivity contribution in [3.05, 3.63) is 17.6 Å². The number of nitrogens with zero attached hydrogens (tertiary/aromatic N) is 3. The molecular weight excluding hydrogens is 236 g/mol. The Kier molecular flexibility index (Phi) is 4.22. The van der Waals surface area contributed by atoms with E-state index in [0.717, 1.165) is 24.3 Å². The Hall–Kier alpha value is -1.27. The molecule has 92 valence electrons. The zero-order valence-corrected chi connectivity index (χ0v) is 10.8. The molecular formula is C11H16N4OS. The molecule has 0 fully saturated rings. The number of rotatable bonds is 6. The SMILES string of the molecule is CC(C)NCCCc1nnc(-c2cncs2)o1. The molecule has 2 aromatic rings. The van der Waals surface area contributed by atoms with Crippen LogP contribution in [0.25, 0.3) is 10.8 Å². The molecule has 5 nitrogen and oxygen atoms in total. The summed E-state index contributed by atoms with van der Waals surface area (Å²) >= 11 is 1.50. The van der Waals surface area contributed by atoms with Crippen LogP contribution >= 0.6 is 11.3 Å². The van der Waals surface area contributed by atoms with Crippen molar-refractivity contribution in [3.63, 3.8) is 0 Å². The number of hydrogen-bond donors (Lipinski definition) is 1. The highest BCUT2D eigenvalue weighted by molar-refractivity contribution is 7.13. The summed E-state index contributed by atoms with van der Waals surface area (Å²) in [4.78, 5) is 4.90. The van der Waals surface area contributed by atoms with Crippen LogP contribution in [0.3, 0.4) is 0 Å². The second-order valence-electron chi connectivity index (χ2n) is 4.08. The van der Waals surface area contributed by atoms with Crippen LogP contribution in [0, 0.1) is 0 Å². The number of nitrogens with one attached hydrogen (secondary N) is 1. The third kappa shape index (κ3) is 3.61. The van der Waals surface area contributed by atoms with Gasteiger partial charge in [-0.2, -0.15) is 0 Å². The van der Waals surface area contributed by atoms with Crippen LogP contribution in [-0.4, -0.2) is 27.8 Å². The molecule has 0 aromatic carbocycles. The van der Waals surface area contributed by atoms with E-state index < -0.39 is 0 Å². The molecule has 0 unspecified atom stereocenters. The molecule has 0 aliphatic heterocycles. The zero-order chi connectivity index (χ0) is 12.1. The zero-order valence-electron chi connectivity index (χ0n) is 10.0. The summed E-state index contributed by atoms with van der Waals surface area (Å²) in [5.41, 5.74) is 1.76. The molecule has 6 heteroatoms. The fourth-order valence-electron chi connectivity index (χ4n) is 1.41.